The van der Waals surface area contributed by atoms with Crippen LogP contribution in [0.1, 0.15) is 29.1 Å². The highest BCUT2D eigenvalue weighted by Crippen LogP contribution is 2.25. The Morgan fingerprint density at radius 2 is 2.19 bits per heavy atom. The van der Waals surface area contributed by atoms with Crippen molar-refractivity contribution in [1.29, 1.82) is 0 Å². The first-order valence-corrected chi connectivity index (χ1v) is 4.73. The number of H-pyrrole nitrogens is 1. The molecule has 0 aliphatic heterocycles. The molecule has 5 heteroatoms. The summed E-state index contributed by atoms with van der Waals surface area (Å²) < 4.78 is 13.8. The van der Waals surface area contributed by atoms with E-state index in [4.69, 9.17) is 5.11 Å². The number of rotatable bonds is 2. The van der Waals surface area contributed by atoms with Crippen molar-refractivity contribution in [2.75, 3.05) is 0 Å². The number of aromatic amines is 1. The highest BCUT2D eigenvalue weighted by molar-refractivity contribution is 5.94. The van der Waals surface area contributed by atoms with Crippen LogP contribution >= 0.6 is 0 Å². The normalized spacial score (nSPS) is 12.9. The molecule has 0 bridgehead atoms. The molecule has 1 heterocycles. The minimum atomic E-state index is -1.14. The van der Waals surface area contributed by atoms with Gasteiger partial charge >= 0.3 is 5.97 Å². The van der Waals surface area contributed by atoms with Crippen LogP contribution in [0.2, 0.25) is 0 Å². The lowest BCUT2D eigenvalue weighted by atomic mass is 10.1. The van der Waals surface area contributed by atoms with E-state index in [1.807, 2.05) is 0 Å². The van der Waals surface area contributed by atoms with Crippen LogP contribution in [0, 0.1) is 5.82 Å². The van der Waals surface area contributed by atoms with Crippen molar-refractivity contribution in [3.63, 3.8) is 0 Å². The quantitative estimate of drug-likeness (QED) is 0.729. The minimum absolute atomic E-state index is 0.0726. The van der Waals surface area contributed by atoms with Crippen molar-refractivity contribution in [2.45, 2.75) is 13.0 Å². The second kappa shape index (κ2) is 3.61. The molecule has 2 rings (SSSR count). The number of nitrogens with one attached hydrogen (secondary N) is 1. The molecule has 0 radical (unpaired) electrons. The van der Waals surface area contributed by atoms with Gasteiger partial charge in [-0.1, -0.05) is 6.07 Å². The fourth-order valence-electron chi connectivity index (χ4n) is 1.62. The Morgan fingerprint density at radius 1 is 1.50 bits per heavy atom. The number of carboxylic acids is 1. The van der Waals surface area contributed by atoms with E-state index in [9.17, 15) is 14.3 Å². The van der Waals surface area contributed by atoms with Gasteiger partial charge in [0.1, 0.15) is 11.5 Å². The zero-order valence-electron chi connectivity index (χ0n) is 8.49. The monoisotopic (exact) mass is 223 g/mol. The summed E-state index contributed by atoms with van der Waals surface area (Å²) in [6.45, 7) is 1.45. The van der Waals surface area contributed by atoms with Crippen LogP contribution in [0.25, 0.3) is 10.9 Å². The summed E-state index contributed by atoms with van der Waals surface area (Å²) in [4.78, 5) is 13.3. The molecule has 84 valence electrons. The fourth-order valence-corrected chi connectivity index (χ4v) is 1.62. The Hall–Kier alpha value is -1.88. The Labute approximate surface area is 90.3 Å². The molecule has 0 saturated heterocycles. The molecule has 1 unspecified atom stereocenters. The average Bonchev–Trinajstić information content (AvgIpc) is 2.62. The molecule has 0 saturated carbocycles. The summed E-state index contributed by atoms with van der Waals surface area (Å²) in [5.41, 5.74) is 0.486. The number of carbonyl (C=O) groups is 1. The van der Waals surface area contributed by atoms with E-state index >= 15 is 0 Å². The van der Waals surface area contributed by atoms with Crippen molar-refractivity contribution in [3.05, 3.63) is 35.3 Å². The maximum Gasteiger partial charge on any atom is 0.352 e. The zero-order valence-corrected chi connectivity index (χ0v) is 8.49. The highest BCUT2D eigenvalue weighted by atomic mass is 19.1. The molecule has 0 spiro atoms. The number of hydrogen-bond acceptors (Lipinski definition) is 2. The maximum atomic E-state index is 13.8. The van der Waals surface area contributed by atoms with Crippen LogP contribution < -0.4 is 0 Å². The lowest BCUT2D eigenvalue weighted by Crippen LogP contribution is -1.95. The number of benzene rings is 1. The van der Waals surface area contributed by atoms with E-state index in [1.165, 1.54) is 19.1 Å². The number of hydrogen-bond donors (Lipinski definition) is 3. The smallest absolute Gasteiger partial charge is 0.352 e. The summed E-state index contributed by atoms with van der Waals surface area (Å²) in [7, 11) is 0. The molecule has 0 amide bonds. The van der Waals surface area contributed by atoms with Gasteiger partial charge in [0, 0.05) is 16.5 Å². The van der Waals surface area contributed by atoms with E-state index in [-0.39, 0.29) is 16.6 Å². The number of aliphatic hydroxyl groups is 1. The standard InChI is InChI=1S/C11H10FNO3/c1-5(14)6-2-3-8-7(10(6)12)4-9(13-8)11(15)16/h2-5,13-14H,1H3,(H,15,16). The van der Waals surface area contributed by atoms with Crippen LogP contribution in [0.4, 0.5) is 4.39 Å². The third kappa shape index (κ3) is 1.55. The van der Waals surface area contributed by atoms with Gasteiger partial charge in [-0.15, -0.1) is 0 Å². The molecule has 3 N–H and O–H groups in total. The highest BCUT2D eigenvalue weighted by Gasteiger charge is 2.15. The van der Waals surface area contributed by atoms with E-state index in [0.717, 1.165) is 0 Å². The third-order valence-electron chi connectivity index (χ3n) is 2.45. The van der Waals surface area contributed by atoms with Crippen LogP contribution in [-0.2, 0) is 0 Å². The summed E-state index contributed by atoms with van der Waals surface area (Å²) in [6, 6.07) is 4.20. The average molecular weight is 223 g/mol. The van der Waals surface area contributed by atoms with E-state index in [2.05, 4.69) is 4.98 Å². The Morgan fingerprint density at radius 3 is 2.75 bits per heavy atom. The number of fused-ring (bicyclic) bond motifs is 1. The fraction of sp³-hybridized carbons (Fsp3) is 0.182. The summed E-state index contributed by atoms with van der Waals surface area (Å²) in [6.07, 6.45) is -0.924. The number of carboxylic acid groups (broad SMARTS) is 1. The number of aromatic nitrogens is 1. The predicted molar refractivity (Wildman–Crippen MR) is 55.8 cm³/mol. The Bertz CT molecular complexity index is 560. The topological polar surface area (TPSA) is 73.3 Å². The van der Waals surface area contributed by atoms with Crippen molar-refractivity contribution < 1.29 is 19.4 Å². The van der Waals surface area contributed by atoms with E-state index in [0.29, 0.717) is 5.52 Å². The van der Waals surface area contributed by atoms with Crippen LogP contribution in [0.15, 0.2) is 18.2 Å². The molecular weight excluding hydrogens is 213 g/mol. The van der Waals surface area contributed by atoms with Gasteiger partial charge in [0.05, 0.1) is 6.10 Å². The van der Waals surface area contributed by atoms with Crippen molar-refractivity contribution >= 4 is 16.9 Å². The van der Waals surface area contributed by atoms with E-state index < -0.39 is 17.9 Å². The van der Waals surface area contributed by atoms with Crippen LogP contribution in [0.5, 0.6) is 0 Å². The zero-order chi connectivity index (χ0) is 11.9. The lowest BCUT2D eigenvalue weighted by molar-refractivity contribution is 0.0691. The van der Waals surface area contributed by atoms with Crippen molar-refractivity contribution in [3.8, 4) is 0 Å². The molecule has 1 atom stereocenters. The van der Waals surface area contributed by atoms with Crippen LogP contribution in [-0.4, -0.2) is 21.2 Å². The Balaban J connectivity index is 2.69. The molecule has 0 aliphatic carbocycles. The first-order valence-electron chi connectivity index (χ1n) is 4.73. The number of aliphatic hydroxyl groups excluding tert-OH is 1. The summed E-state index contributed by atoms with van der Waals surface area (Å²) in [5.74, 6) is -1.73. The van der Waals surface area contributed by atoms with Crippen LogP contribution in [0.3, 0.4) is 0 Å². The van der Waals surface area contributed by atoms with Gasteiger partial charge in [-0.2, -0.15) is 0 Å². The van der Waals surface area contributed by atoms with Gasteiger partial charge in [-0.25, -0.2) is 9.18 Å². The summed E-state index contributed by atoms with van der Waals surface area (Å²) in [5, 5.41) is 18.2. The number of aromatic carboxylic acids is 1. The molecule has 2 aromatic rings. The van der Waals surface area contributed by atoms with Gasteiger partial charge in [-0.05, 0) is 19.1 Å². The molecule has 1 aromatic carbocycles. The second-order valence-electron chi connectivity index (χ2n) is 3.59. The molecule has 0 fully saturated rings. The van der Waals surface area contributed by atoms with Gasteiger partial charge in [0.25, 0.3) is 0 Å². The molecule has 1 aromatic heterocycles. The second-order valence-corrected chi connectivity index (χ2v) is 3.59. The predicted octanol–water partition coefficient (Wildman–Crippen LogP) is 2.06. The van der Waals surface area contributed by atoms with Crippen molar-refractivity contribution in [2.24, 2.45) is 0 Å². The van der Waals surface area contributed by atoms with Gasteiger partial charge < -0.3 is 15.2 Å². The van der Waals surface area contributed by atoms with Crippen molar-refractivity contribution in [1.82, 2.24) is 4.98 Å². The maximum absolute atomic E-state index is 13.8. The summed E-state index contributed by atoms with van der Waals surface area (Å²) >= 11 is 0. The minimum Gasteiger partial charge on any atom is -0.477 e. The van der Waals surface area contributed by atoms with Gasteiger partial charge in [0.2, 0.25) is 0 Å². The molecule has 16 heavy (non-hydrogen) atoms. The first-order chi connectivity index (χ1) is 7.50. The first kappa shape index (κ1) is 10.6. The SMILES string of the molecule is CC(O)c1ccc2[nH]c(C(=O)O)cc2c1F. The Kier molecular flexibility index (Phi) is 2.40. The third-order valence-corrected chi connectivity index (χ3v) is 2.45. The molecular formula is C11H10FNO3. The van der Waals surface area contributed by atoms with E-state index in [1.54, 1.807) is 6.07 Å². The van der Waals surface area contributed by atoms with Gasteiger partial charge in [-0.3, -0.25) is 0 Å². The van der Waals surface area contributed by atoms with Gasteiger partial charge in [0.15, 0.2) is 0 Å². The lowest BCUT2D eigenvalue weighted by Gasteiger charge is -2.06. The number of halogens is 1. The molecule has 4 nitrogen and oxygen atoms in total. The molecule has 0 aliphatic rings. The largest absolute Gasteiger partial charge is 0.477 e.